The number of aliphatic hydroxyl groups excluding tert-OH is 1. The van der Waals surface area contributed by atoms with E-state index in [1.165, 1.54) is 11.3 Å². The van der Waals surface area contributed by atoms with Crippen LogP contribution in [0.1, 0.15) is 16.5 Å². The van der Waals surface area contributed by atoms with E-state index in [0.29, 0.717) is 12.1 Å². The third kappa shape index (κ3) is 4.59. The number of benzene rings is 1. The minimum Gasteiger partial charge on any atom is -0.464 e. The monoisotopic (exact) mass is 370 g/mol. The summed E-state index contributed by atoms with van der Waals surface area (Å²) in [6.07, 6.45) is 0.687. The number of carbonyl (C=O) groups excluding carboxylic acids is 2. The average Bonchev–Trinajstić information content (AvgIpc) is 3.37. The highest BCUT2D eigenvalue weighted by Gasteiger charge is 2.16. The van der Waals surface area contributed by atoms with Gasteiger partial charge in [0.2, 0.25) is 0 Å². The number of hydrogen-bond donors (Lipinski definition) is 3. The second kappa shape index (κ2) is 8.46. The number of nitrogens with one attached hydrogen (secondary N) is 2. The molecule has 0 fully saturated rings. The fourth-order valence-electron chi connectivity index (χ4n) is 2.36. The quantitative estimate of drug-likeness (QED) is 0.581. The van der Waals surface area contributed by atoms with Crippen LogP contribution in [-0.4, -0.2) is 23.5 Å². The van der Waals surface area contributed by atoms with E-state index in [1.54, 1.807) is 24.5 Å². The molecule has 0 saturated carbocycles. The molecule has 7 heteroatoms. The standard InChI is InChI=1S/C19H18N2O4S/c22-16(13-5-7-14(8-6-13)17-4-1-9-25-17)12-21-19(24)18(23)20-11-15-3-2-10-26-15/h1-10,16,22H,11-12H2,(H,20,23)(H,21,24). The predicted octanol–water partition coefficient (Wildman–Crippen LogP) is 2.47. The molecule has 2 heterocycles. The second-order valence-electron chi connectivity index (χ2n) is 5.59. The summed E-state index contributed by atoms with van der Waals surface area (Å²) in [4.78, 5) is 24.5. The van der Waals surface area contributed by atoms with Crippen molar-refractivity contribution in [1.29, 1.82) is 0 Å². The molecule has 2 amide bonds. The summed E-state index contributed by atoms with van der Waals surface area (Å²) in [5.74, 6) is -0.756. The Morgan fingerprint density at radius 1 is 1.04 bits per heavy atom. The molecule has 26 heavy (non-hydrogen) atoms. The van der Waals surface area contributed by atoms with Crippen LogP contribution in [-0.2, 0) is 16.1 Å². The maximum atomic E-state index is 11.8. The van der Waals surface area contributed by atoms with Crippen molar-refractivity contribution in [2.24, 2.45) is 0 Å². The lowest BCUT2D eigenvalue weighted by atomic mass is 10.1. The number of thiophene rings is 1. The van der Waals surface area contributed by atoms with Gasteiger partial charge in [-0.2, -0.15) is 0 Å². The molecular formula is C19H18N2O4S. The number of furan rings is 1. The first-order valence-corrected chi connectivity index (χ1v) is 8.92. The largest absolute Gasteiger partial charge is 0.464 e. The average molecular weight is 370 g/mol. The number of hydrogen-bond acceptors (Lipinski definition) is 5. The zero-order chi connectivity index (χ0) is 18.4. The highest BCUT2D eigenvalue weighted by atomic mass is 32.1. The summed E-state index contributed by atoms with van der Waals surface area (Å²) < 4.78 is 5.31. The van der Waals surface area contributed by atoms with Gasteiger partial charge in [-0.3, -0.25) is 9.59 Å². The van der Waals surface area contributed by atoms with Crippen LogP contribution in [0, 0.1) is 0 Å². The van der Waals surface area contributed by atoms with Crippen molar-refractivity contribution < 1.29 is 19.1 Å². The minimum absolute atomic E-state index is 0.0502. The third-order valence-corrected chi connectivity index (χ3v) is 4.64. The topological polar surface area (TPSA) is 91.6 Å². The Bertz CT molecular complexity index is 842. The molecule has 2 aromatic heterocycles. The van der Waals surface area contributed by atoms with Crippen LogP contribution in [0.3, 0.4) is 0 Å². The minimum atomic E-state index is -0.908. The van der Waals surface area contributed by atoms with E-state index >= 15 is 0 Å². The van der Waals surface area contributed by atoms with Gasteiger partial charge in [0.1, 0.15) is 5.76 Å². The molecule has 0 aliphatic rings. The lowest BCUT2D eigenvalue weighted by Crippen LogP contribution is -2.41. The predicted molar refractivity (Wildman–Crippen MR) is 98.3 cm³/mol. The summed E-state index contributed by atoms with van der Waals surface area (Å²) >= 11 is 1.50. The van der Waals surface area contributed by atoms with Gasteiger partial charge in [-0.25, -0.2) is 0 Å². The number of amides is 2. The van der Waals surface area contributed by atoms with Crippen molar-refractivity contribution in [3.05, 3.63) is 70.6 Å². The molecule has 0 bridgehead atoms. The van der Waals surface area contributed by atoms with Crippen LogP contribution in [0.4, 0.5) is 0 Å². The Hall–Kier alpha value is -2.90. The number of carbonyl (C=O) groups is 2. The van der Waals surface area contributed by atoms with E-state index < -0.39 is 17.9 Å². The normalized spacial score (nSPS) is 11.7. The summed E-state index contributed by atoms with van der Waals surface area (Å²) in [6, 6.07) is 14.6. The van der Waals surface area contributed by atoms with E-state index in [2.05, 4.69) is 10.6 Å². The van der Waals surface area contributed by atoms with E-state index in [-0.39, 0.29) is 6.54 Å². The summed E-state index contributed by atoms with van der Waals surface area (Å²) in [6.45, 7) is 0.256. The molecule has 0 aliphatic heterocycles. The van der Waals surface area contributed by atoms with Gasteiger partial charge in [0.25, 0.3) is 0 Å². The Morgan fingerprint density at radius 3 is 2.46 bits per heavy atom. The summed E-state index contributed by atoms with van der Waals surface area (Å²) in [5, 5.41) is 17.1. The summed E-state index contributed by atoms with van der Waals surface area (Å²) in [5.41, 5.74) is 1.53. The van der Waals surface area contributed by atoms with Gasteiger partial charge in [0.15, 0.2) is 0 Å². The van der Waals surface area contributed by atoms with Crippen LogP contribution in [0.15, 0.2) is 64.6 Å². The van der Waals surface area contributed by atoms with Gasteiger partial charge in [-0.05, 0) is 29.1 Å². The fraction of sp³-hybridized carbons (Fsp3) is 0.158. The van der Waals surface area contributed by atoms with Crippen LogP contribution in [0.25, 0.3) is 11.3 Å². The maximum Gasteiger partial charge on any atom is 0.309 e. The molecule has 3 N–H and O–H groups in total. The first-order valence-electron chi connectivity index (χ1n) is 8.04. The lowest BCUT2D eigenvalue weighted by Gasteiger charge is -2.12. The van der Waals surface area contributed by atoms with Crippen molar-refractivity contribution in [2.75, 3.05) is 6.54 Å². The van der Waals surface area contributed by atoms with Crippen molar-refractivity contribution in [1.82, 2.24) is 10.6 Å². The van der Waals surface area contributed by atoms with Crippen molar-refractivity contribution >= 4 is 23.2 Å². The molecule has 0 aliphatic carbocycles. The smallest absolute Gasteiger partial charge is 0.309 e. The van der Waals surface area contributed by atoms with Crippen LogP contribution >= 0.6 is 11.3 Å². The van der Waals surface area contributed by atoms with E-state index in [0.717, 1.165) is 16.2 Å². The Kier molecular flexibility index (Phi) is 5.83. The van der Waals surface area contributed by atoms with E-state index in [4.69, 9.17) is 4.42 Å². The van der Waals surface area contributed by atoms with Crippen molar-refractivity contribution in [2.45, 2.75) is 12.6 Å². The van der Waals surface area contributed by atoms with E-state index in [9.17, 15) is 14.7 Å². The summed E-state index contributed by atoms with van der Waals surface area (Å²) in [7, 11) is 0. The molecular weight excluding hydrogens is 352 g/mol. The van der Waals surface area contributed by atoms with Gasteiger partial charge in [0.05, 0.1) is 18.9 Å². The second-order valence-corrected chi connectivity index (χ2v) is 6.62. The Balaban J connectivity index is 1.47. The third-order valence-electron chi connectivity index (χ3n) is 3.77. The molecule has 6 nitrogen and oxygen atoms in total. The SMILES string of the molecule is O=C(NCc1cccs1)C(=O)NCC(O)c1ccc(-c2ccco2)cc1. The van der Waals surface area contributed by atoms with E-state index in [1.807, 2.05) is 35.7 Å². The van der Waals surface area contributed by atoms with Crippen LogP contribution in [0.5, 0.6) is 0 Å². The first kappa shape index (κ1) is 17.9. The van der Waals surface area contributed by atoms with Crippen LogP contribution in [0.2, 0.25) is 0 Å². The highest BCUT2D eigenvalue weighted by molar-refractivity contribution is 7.09. The molecule has 0 spiro atoms. The van der Waals surface area contributed by atoms with Gasteiger partial charge >= 0.3 is 11.8 Å². The zero-order valence-corrected chi connectivity index (χ0v) is 14.7. The first-order chi connectivity index (χ1) is 12.6. The van der Waals surface area contributed by atoms with Gasteiger partial charge < -0.3 is 20.2 Å². The molecule has 0 saturated heterocycles. The fourth-order valence-corrected chi connectivity index (χ4v) is 3.01. The molecule has 1 unspecified atom stereocenters. The molecule has 3 rings (SSSR count). The van der Waals surface area contributed by atoms with Crippen molar-refractivity contribution in [3.63, 3.8) is 0 Å². The molecule has 0 radical (unpaired) electrons. The Morgan fingerprint density at radius 2 is 1.81 bits per heavy atom. The molecule has 3 aromatic rings. The lowest BCUT2D eigenvalue weighted by molar-refractivity contribution is -0.139. The van der Waals surface area contributed by atoms with Gasteiger partial charge in [-0.1, -0.05) is 30.3 Å². The van der Waals surface area contributed by atoms with Gasteiger partial charge in [-0.15, -0.1) is 11.3 Å². The van der Waals surface area contributed by atoms with Crippen LogP contribution < -0.4 is 10.6 Å². The van der Waals surface area contributed by atoms with Crippen molar-refractivity contribution in [3.8, 4) is 11.3 Å². The number of aliphatic hydroxyl groups is 1. The Labute approximate surface area is 154 Å². The molecule has 134 valence electrons. The van der Waals surface area contributed by atoms with Gasteiger partial charge in [0, 0.05) is 17.0 Å². The highest BCUT2D eigenvalue weighted by Crippen LogP contribution is 2.22. The maximum absolute atomic E-state index is 11.8. The zero-order valence-electron chi connectivity index (χ0n) is 13.8. The number of rotatable bonds is 6. The molecule has 1 aromatic carbocycles. The molecule has 1 atom stereocenters.